The van der Waals surface area contributed by atoms with Crippen LogP contribution in [-0.4, -0.2) is 83.1 Å². The number of nitrogens with two attached hydrogens (primary N) is 1. The highest BCUT2D eigenvalue weighted by Gasteiger charge is 2.59. The number of fused-ring (bicyclic) bond motifs is 3. The Kier molecular flexibility index (Phi) is 6.22. The number of ketones is 2. The Balaban J connectivity index is 1.90. The molecule has 1 aromatic rings. The molecule has 10 heteroatoms. The molecule has 6 N–H and O–H groups in total. The number of rotatable bonds is 5. The number of phenols is 1. The summed E-state index contributed by atoms with van der Waals surface area (Å²) in [5, 5.41) is 43.9. The molecular weight excluding hydrogens is 466 g/mol. The van der Waals surface area contributed by atoms with Crippen molar-refractivity contribution in [2.45, 2.75) is 24.9 Å². The molecule has 0 spiro atoms. The number of aromatic hydroxyl groups is 1. The van der Waals surface area contributed by atoms with Crippen molar-refractivity contribution in [3.8, 4) is 5.75 Å². The van der Waals surface area contributed by atoms with E-state index in [0.29, 0.717) is 17.7 Å². The van der Waals surface area contributed by atoms with Crippen LogP contribution in [0.4, 0.5) is 5.69 Å². The zero-order chi connectivity index (χ0) is 26.7. The average molecular weight is 498 g/mol. The van der Waals surface area contributed by atoms with Crippen LogP contribution in [0.2, 0.25) is 0 Å². The molecule has 3 atom stereocenters. The number of amides is 1. The monoisotopic (exact) mass is 497 g/mol. The van der Waals surface area contributed by atoms with Crippen LogP contribution in [0.1, 0.15) is 34.3 Å². The largest absolute Gasteiger partial charge is 0.511 e. The molecule has 192 valence electrons. The number of hydrogen-bond donors (Lipinski definition) is 5. The van der Waals surface area contributed by atoms with Crippen LogP contribution in [0.15, 0.2) is 34.8 Å². The van der Waals surface area contributed by atoms with Gasteiger partial charge < -0.3 is 36.0 Å². The molecule has 0 radical (unpaired) electrons. The van der Waals surface area contributed by atoms with Crippen LogP contribution in [0.5, 0.6) is 5.75 Å². The number of carbonyl (C=O) groups is 3. The Morgan fingerprint density at radius 3 is 2.42 bits per heavy atom. The number of aliphatic hydroxyl groups excluding tert-OH is 2. The van der Waals surface area contributed by atoms with Crippen LogP contribution in [0.3, 0.4) is 0 Å². The highest BCUT2D eigenvalue weighted by atomic mass is 16.3. The van der Waals surface area contributed by atoms with E-state index in [9.17, 15) is 34.8 Å². The molecule has 0 saturated heterocycles. The first kappa shape index (κ1) is 25.5. The molecule has 0 aromatic heterocycles. The lowest BCUT2D eigenvalue weighted by molar-refractivity contribution is -0.144. The molecule has 1 aromatic carbocycles. The van der Waals surface area contributed by atoms with Gasteiger partial charge in [0.15, 0.2) is 11.4 Å². The number of anilines is 1. The minimum atomic E-state index is -2.57. The molecule has 0 fully saturated rings. The fourth-order valence-electron chi connectivity index (χ4n) is 5.60. The molecule has 3 aliphatic rings. The third-order valence-electron chi connectivity index (χ3n) is 7.32. The fraction of sp³-hybridized carbons (Fsp3) is 0.423. The summed E-state index contributed by atoms with van der Waals surface area (Å²) in [5.41, 5.74) is 3.44. The topological polar surface area (TPSA) is 165 Å². The van der Waals surface area contributed by atoms with Gasteiger partial charge in [0.1, 0.15) is 22.8 Å². The quantitative estimate of drug-likeness (QED) is 0.376. The van der Waals surface area contributed by atoms with E-state index in [1.54, 1.807) is 12.1 Å². The molecule has 4 rings (SSSR count). The van der Waals surface area contributed by atoms with Crippen molar-refractivity contribution >= 4 is 29.2 Å². The van der Waals surface area contributed by atoms with Gasteiger partial charge in [0, 0.05) is 49.8 Å². The summed E-state index contributed by atoms with van der Waals surface area (Å²) in [6.07, 6.45) is 3.65. The smallest absolute Gasteiger partial charge is 0.255 e. The third-order valence-corrected chi connectivity index (χ3v) is 7.32. The Bertz CT molecular complexity index is 1270. The van der Waals surface area contributed by atoms with Crippen LogP contribution in [0.25, 0.3) is 6.08 Å². The summed E-state index contributed by atoms with van der Waals surface area (Å²) in [7, 11) is 7.43. The van der Waals surface area contributed by atoms with E-state index in [0.717, 1.165) is 5.69 Å². The van der Waals surface area contributed by atoms with Crippen molar-refractivity contribution in [3.05, 3.63) is 51.5 Å². The number of carbonyl (C=O) groups excluding carboxylic acids is 3. The predicted molar refractivity (Wildman–Crippen MR) is 133 cm³/mol. The average Bonchev–Trinajstić information content (AvgIpc) is 2.77. The number of primary amides is 1. The van der Waals surface area contributed by atoms with E-state index in [4.69, 9.17) is 5.73 Å². The van der Waals surface area contributed by atoms with E-state index in [1.165, 1.54) is 0 Å². The maximum Gasteiger partial charge on any atom is 0.255 e. The van der Waals surface area contributed by atoms with Crippen LogP contribution in [-0.2, 0) is 16.0 Å². The molecule has 1 amide bonds. The summed E-state index contributed by atoms with van der Waals surface area (Å²) >= 11 is 0. The first-order valence-electron chi connectivity index (χ1n) is 11.6. The van der Waals surface area contributed by atoms with Crippen molar-refractivity contribution < 1.29 is 34.8 Å². The molecule has 3 aliphatic carbocycles. The molecule has 10 nitrogen and oxygen atoms in total. The van der Waals surface area contributed by atoms with Crippen LogP contribution >= 0.6 is 0 Å². The van der Waals surface area contributed by atoms with Crippen molar-refractivity contribution in [1.82, 2.24) is 4.90 Å². The van der Waals surface area contributed by atoms with Crippen molar-refractivity contribution in [3.63, 3.8) is 0 Å². The number of hydrogen-bond acceptors (Lipinski definition) is 9. The summed E-state index contributed by atoms with van der Waals surface area (Å²) in [6, 6.07) is 1.79. The van der Waals surface area contributed by atoms with Crippen molar-refractivity contribution in [2.75, 3.05) is 39.6 Å². The second-order valence-corrected chi connectivity index (χ2v) is 10.2. The molecule has 0 saturated carbocycles. The van der Waals surface area contributed by atoms with Gasteiger partial charge in [0.05, 0.1) is 5.56 Å². The molecular formula is C26H31N3O7. The maximum absolute atomic E-state index is 13.8. The SMILES string of the molecule is CN(C)C/C=C/c1cc(N(C)C)c2c(c1O)C(=O)C1=C(O)[C@]3(O)C(=O)C(C(N)=O)=C(O)C[C@@H]3C[C@@H]1C2. The van der Waals surface area contributed by atoms with Gasteiger partial charge in [-0.2, -0.15) is 0 Å². The lowest BCUT2D eigenvalue weighted by Crippen LogP contribution is -2.57. The van der Waals surface area contributed by atoms with E-state index in [1.807, 2.05) is 44.1 Å². The highest BCUT2D eigenvalue weighted by Crippen LogP contribution is 2.52. The zero-order valence-corrected chi connectivity index (χ0v) is 20.7. The Morgan fingerprint density at radius 1 is 1.17 bits per heavy atom. The van der Waals surface area contributed by atoms with Gasteiger partial charge in [-0.05, 0) is 44.5 Å². The number of allylic oxidation sites excluding steroid dienone is 2. The summed E-state index contributed by atoms with van der Waals surface area (Å²) in [4.78, 5) is 42.4. The summed E-state index contributed by atoms with van der Waals surface area (Å²) in [5.74, 6) is -6.33. The van der Waals surface area contributed by atoms with Crippen molar-refractivity contribution in [2.24, 2.45) is 17.6 Å². The first-order valence-corrected chi connectivity index (χ1v) is 11.6. The lowest BCUT2D eigenvalue weighted by atomic mass is 9.60. The minimum Gasteiger partial charge on any atom is -0.511 e. The molecule has 0 bridgehead atoms. The minimum absolute atomic E-state index is 0.00215. The van der Waals surface area contributed by atoms with Gasteiger partial charge in [0.2, 0.25) is 5.78 Å². The molecule has 0 unspecified atom stereocenters. The predicted octanol–water partition coefficient (Wildman–Crippen LogP) is 1.22. The third kappa shape index (κ3) is 3.68. The second kappa shape index (κ2) is 8.79. The number of phenolic OH excluding ortho intramolecular Hbond substituents is 1. The Hall–Kier alpha value is -3.63. The van der Waals surface area contributed by atoms with Gasteiger partial charge in [-0.3, -0.25) is 14.4 Å². The van der Waals surface area contributed by atoms with Crippen LogP contribution < -0.4 is 10.6 Å². The molecule has 0 aliphatic heterocycles. The van der Waals surface area contributed by atoms with Gasteiger partial charge in [-0.1, -0.05) is 12.2 Å². The standard InChI is InChI=1S/C26H31N3O7/c1-28(2)7-5-6-12-10-16(29(3)4)15-9-13-8-14-11-17(30)20(25(27)35)24(34)26(14,36)23(33)18(13)22(32)19(15)21(12)31/h5-6,10,13-14,30-31,33,36H,7-9,11H2,1-4H3,(H2,27,35)/b6-5+/t13-,14+,26+/m1/s1. The van der Waals surface area contributed by atoms with Gasteiger partial charge >= 0.3 is 0 Å². The normalized spacial score (nSPS) is 25.8. The van der Waals surface area contributed by atoms with Gasteiger partial charge in [0.25, 0.3) is 5.91 Å². The Morgan fingerprint density at radius 2 is 1.83 bits per heavy atom. The van der Waals surface area contributed by atoms with E-state index >= 15 is 0 Å². The van der Waals surface area contributed by atoms with Crippen LogP contribution in [0, 0.1) is 11.8 Å². The molecule has 0 heterocycles. The second-order valence-electron chi connectivity index (χ2n) is 10.2. The first-order chi connectivity index (χ1) is 16.8. The van der Waals surface area contributed by atoms with Crippen molar-refractivity contribution in [1.29, 1.82) is 0 Å². The van der Waals surface area contributed by atoms with E-state index in [-0.39, 0.29) is 36.1 Å². The zero-order valence-electron chi connectivity index (χ0n) is 20.7. The number of benzene rings is 1. The molecule has 36 heavy (non-hydrogen) atoms. The fourth-order valence-corrected chi connectivity index (χ4v) is 5.60. The van der Waals surface area contributed by atoms with Gasteiger partial charge in [-0.25, -0.2) is 0 Å². The lowest BCUT2D eigenvalue weighted by Gasteiger charge is -2.45. The Labute approximate surface area is 208 Å². The number of Topliss-reactive ketones (excluding diaryl/α,β-unsaturated/α-hetero) is 2. The number of aliphatic hydroxyl groups is 3. The number of likely N-dealkylation sites (N-methyl/N-ethyl adjacent to an activating group) is 1. The van der Waals surface area contributed by atoms with E-state index in [2.05, 4.69) is 0 Å². The number of nitrogens with zero attached hydrogens (tertiary/aromatic N) is 2. The maximum atomic E-state index is 13.8. The van der Waals surface area contributed by atoms with Gasteiger partial charge in [-0.15, -0.1) is 0 Å². The summed E-state index contributed by atoms with van der Waals surface area (Å²) < 4.78 is 0. The summed E-state index contributed by atoms with van der Waals surface area (Å²) in [6.45, 7) is 0.606. The van der Waals surface area contributed by atoms with E-state index < -0.39 is 52.0 Å². The highest BCUT2D eigenvalue weighted by molar-refractivity contribution is 6.24.